The quantitative estimate of drug-likeness (QED) is 0.621. The van der Waals surface area contributed by atoms with Crippen LogP contribution in [0.25, 0.3) is 10.2 Å². The SMILES string of the molecule is BrC(Cc1nc2ccccc2s1)c1ccccc1. The van der Waals surface area contributed by atoms with Gasteiger partial charge in [0.2, 0.25) is 0 Å². The number of thiazole rings is 1. The largest absolute Gasteiger partial charge is 0.241 e. The Morgan fingerprint density at radius 1 is 1.00 bits per heavy atom. The Morgan fingerprint density at radius 2 is 1.72 bits per heavy atom. The van der Waals surface area contributed by atoms with Crippen LogP contribution in [0.5, 0.6) is 0 Å². The molecule has 2 aromatic carbocycles. The number of alkyl halides is 1. The lowest BCUT2D eigenvalue weighted by Crippen LogP contribution is -1.94. The van der Waals surface area contributed by atoms with Crippen molar-refractivity contribution in [3.8, 4) is 0 Å². The van der Waals surface area contributed by atoms with Crippen LogP contribution < -0.4 is 0 Å². The zero-order valence-corrected chi connectivity index (χ0v) is 12.1. The summed E-state index contributed by atoms with van der Waals surface area (Å²) in [6.07, 6.45) is 0.934. The minimum Gasteiger partial charge on any atom is -0.241 e. The molecule has 0 aliphatic heterocycles. The van der Waals surface area contributed by atoms with Crippen molar-refractivity contribution in [1.29, 1.82) is 0 Å². The van der Waals surface area contributed by atoms with Gasteiger partial charge >= 0.3 is 0 Å². The third kappa shape index (κ3) is 2.47. The number of hydrogen-bond donors (Lipinski definition) is 0. The Hall–Kier alpha value is -1.19. The Bertz CT molecular complexity index is 615. The number of nitrogens with zero attached hydrogens (tertiary/aromatic N) is 1. The van der Waals surface area contributed by atoms with E-state index in [1.54, 1.807) is 11.3 Å². The molecule has 0 bridgehead atoms. The highest BCUT2D eigenvalue weighted by atomic mass is 79.9. The van der Waals surface area contributed by atoms with Crippen LogP contribution in [-0.2, 0) is 6.42 Å². The van der Waals surface area contributed by atoms with E-state index in [9.17, 15) is 0 Å². The molecule has 0 aliphatic carbocycles. The molecule has 90 valence electrons. The van der Waals surface area contributed by atoms with Gasteiger partial charge in [0.1, 0.15) is 0 Å². The second-order valence-electron chi connectivity index (χ2n) is 4.16. The molecule has 0 aliphatic rings. The van der Waals surface area contributed by atoms with Crippen molar-refractivity contribution in [3.63, 3.8) is 0 Å². The molecular weight excluding hydrogens is 306 g/mol. The van der Waals surface area contributed by atoms with Crippen molar-refractivity contribution in [2.75, 3.05) is 0 Å². The Labute approximate surface area is 119 Å². The van der Waals surface area contributed by atoms with Crippen molar-refractivity contribution in [1.82, 2.24) is 4.98 Å². The highest BCUT2D eigenvalue weighted by Gasteiger charge is 2.11. The van der Waals surface area contributed by atoms with E-state index < -0.39 is 0 Å². The maximum Gasteiger partial charge on any atom is 0.0953 e. The van der Waals surface area contributed by atoms with Crippen molar-refractivity contribution in [3.05, 3.63) is 65.2 Å². The lowest BCUT2D eigenvalue weighted by Gasteiger charge is -2.07. The highest BCUT2D eigenvalue weighted by molar-refractivity contribution is 9.09. The maximum absolute atomic E-state index is 4.67. The van der Waals surface area contributed by atoms with E-state index in [4.69, 9.17) is 0 Å². The van der Waals surface area contributed by atoms with Gasteiger partial charge in [0.05, 0.1) is 15.2 Å². The van der Waals surface area contributed by atoms with E-state index in [1.165, 1.54) is 15.3 Å². The lowest BCUT2D eigenvalue weighted by molar-refractivity contribution is 0.938. The average Bonchev–Trinajstić information content (AvgIpc) is 2.82. The first-order valence-electron chi connectivity index (χ1n) is 5.86. The molecule has 3 rings (SSSR count). The summed E-state index contributed by atoms with van der Waals surface area (Å²) in [7, 11) is 0. The molecule has 0 amide bonds. The third-order valence-corrected chi connectivity index (χ3v) is 4.76. The zero-order chi connectivity index (χ0) is 12.4. The fourth-order valence-corrected chi connectivity index (χ4v) is 3.78. The second kappa shape index (κ2) is 5.21. The molecule has 1 nitrogen and oxygen atoms in total. The van der Waals surface area contributed by atoms with Crippen molar-refractivity contribution in [2.45, 2.75) is 11.2 Å². The predicted molar refractivity (Wildman–Crippen MR) is 81.4 cm³/mol. The molecule has 0 radical (unpaired) electrons. The number of hydrogen-bond acceptors (Lipinski definition) is 2. The fourth-order valence-electron chi connectivity index (χ4n) is 1.94. The Morgan fingerprint density at radius 3 is 2.50 bits per heavy atom. The van der Waals surface area contributed by atoms with Gasteiger partial charge in [-0.2, -0.15) is 0 Å². The molecule has 1 heterocycles. The molecule has 1 unspecified atom stereocenters. The van der Waals surface area contributed by atoms with Crippen LogP contribution in [0.15, 0.2) is 54.6 Å². The van der Waals surface area contributed by atoms with Crippen LogP contribution in [0.1, 0.15) is 15.4 Å². The number of fused-ring (bicyclic) bond motifs is 1. The van der Waals surface area contributed by atoms with Crippen molar-refractivity contribution >= 4 is 37.5 Å². The van der Waals surface area contributed by atoms with Gasteiger partial charge in [0.15, 0.2) is 0 Å². The number of rotatable bonds is 3. The summed E-state index contributed by atoms with van der Waals surface area (Å²) in [6.45, 7) is 0. The van der Waals surface area contributed by atoms with Gasteiger partial charge in [-0.1, -0.05) is 58.4 Å². The molecule has 0 fully saturated rings. The molecule has 0 saturated heterocycles. The van der Waals surface area contributed by atoms with E-state index in [-0.39, 0.29) is 0 Å². The summed E-state index contributed by atoms with van der Waals surface area (Å²) in [5.74, 6) is 0. The minimum atomic E-state index is 0.333. The normalized spacial score (nSPS) is 12.7. The number of halogens is 1. The highest BCUT2D eigenvalue weighted by Crippen LogP contribution is 2.30. The number of para-hydroxylation sites is 1. The summed E-state index contributed by atoms with van der Waals surface area (Å²) < 4.78 is 1.26. The van der Waals surface area contributed by atoms with Gasteiger partial charge in [-0.25, -0.2) is 4.98 Å². The first kappa shape index (κ1) is 11.9. The van der Waals surface area contributed by atoms with Crippen LogP contribution in [0.2, 0.25) is 0 Å². The van der Waals surface area contributed by atoms with E-state index in [0.717, 1.165) is 11.9 Å². The van der Waals surface area contributed by atoms with Gasteiger partial charge in [0, 0.05) is 11.2 Å². The van der Waals surface area contributed by atoms with E-state index in [2.05, 4.69) is 63.4 Å². The molecule has 0 N–H and O–H groups in total. The number of benzene rings is 2. The van der Waals surface area contributed by atoms with E-state index in [1.807, 2.05) is 12.1 Å². The van der Waals surface area contributed by atoms with Gasteiger partial charge < -0.3 is 0 Å². The molecule has 0 spiro atoms. The summed E-state index contributed by atoms with van der Waals surface area (Å²) in [5, 5.41) is 1.18. The summed E-state index contributed by atoms with van der Waals surface area (Å²) >= 11 is 5.53. The maximum atomic E-state index is 4.67. The molecule has 1 atom stereocenters. The minimum absolute atomic E-state index is 0.333. The first-order chi connectivity index (χ1) is 8.83. The Kier molecular flexibility index (Phi) is 3.43. The topological polar surface area (TPSA) is 12.9 Å². The summed E-state index contributed by atoms with van der Waals surface area (Å²) in [4.78, 5) is 5.00. The van der Waals surface area contributed by atoms with Crippen molar-refractivity contribution in [2.24, 2.45) is 0 Å². The van der Waals surface area contributed by atoms with E-state index in [0.29, 0.717) is 4.83 Å². The monoisotopic (exact) mass is 317 g/mol. The second-order valence-corrected chi connectivity index (χ2v) is 6.38. The van der Waals surface area contributed by atoms with Gasteiger partial charge in [0.25, 0.3) is 0 Å². The predicted octanol–water partition coefficient (Wildman–Crippen LogP) is 4.98. The standard InChI is InChI=1S/C15H12BrNS/c16-12(11-6-2-1-3-7-11)10-15-17-13-8-4-5-9-14(13)18-15/h1-9,12H,10H2. The third-order valence-electron chi connectivity index (χ3n) is 2.85. The molecule has 18 heavy (non-hydrogen) atoms. The molecule has 3 aromatic rings. The van der Waals surface area contributed by atoms with Crippen LogP contribution in [0.4, 0.5) is 0 Å². The summed E-state index contributed by atoms with van der Waals surface area (Å²) in [5.41, 5.74) is 2.40. The average molecular weight is 318 g/mol. The molecular formula is C15H12BrNS. The van der Waals surface area contributed by atoms with Crippen molar-refractivity contribution < 1.29 is 0 Å². The molecule has 1 aromatic heterocycles. The van der Waals surface area contributed by atoms with Crippen LogP contribution in [-0.4, -0.2) is 4.98 Å². The van der Waals surface area contributed by atoms with Gasteiger partial charge in [-0.15, -0.1) is 11.3 Å². The smallest absolute Gasteiger partial charge is 0.0953 e. The van der Waals surface area contributed by atoms with Crippen LogP contribution in [0, 0.1) is 0 Å². The Balaban J connectivity index is 1.84. The molecule has 0 saturated carbocycles. The lowest BCUT2D eigenvalue weighted by atomic mass is 10.1. The number of aromatic nitrogens is 1. The van der Waals surface area contributed by atoms with Crippen LogP contribution in [0.3, 0.4) is 0 Å². The van der Waals surface area contributed by atoms with Gasteiger partial charge in [-0.3, -0.25) is 0 Å². The fraction of sp³-hybridized carbons (Fsp3) is 0.133. The zero-order valence-electron chi connectivity index (χ0n) is 9.71. The van der Waals surface area contributed by atoms with E-state index >= 15 is 0 Å². The molecule has 3 heteroatoms. The van der Waals surface area contributed by atoms with Gasteiger partial charge in [-0.05, 0) is 17.7 Å². The summed E-state index contributed by atoms with van der Waals surface area (Å²) in [6, 6.07) is 18.8. The van der Waals surface area contributed by atoms with Crippen LogP contribution >= 0.6 is 27.3 Å². The first-order valence-corrected chi connectivity index (χ1v) is 7.59.